The molecule has 4 N–H and O–H groups in total. The third-order valence-corrected chi connectivity index (χ3v) is 4.03. The molecule has 2 aromatic rings. The number of hydrogen-bond donors (Lipinski definition) is 4. The fourth-order valence-corrected chi connectivity index (χ4v) is 2.54. The second-order valence-corrected chi connectivity index (χ2v) is 6.15. The van der Waals surface area contributed by atoms with Crippen molar-refractivity contribution in [3.63, 3.8) is 0 Å². The fraction of sp³-hybridized carbons (Fsp3) is 0.263. The second kappa shape index (κ2) is 10.6. The number of para-hydroxylation sites is 1. The molecule has 2 rings (SSSR count). The first-order valence-corrected chi connectivity index (χ1v) is 8.69. The number of anilines is 1. The van der Waals surface area contributed by atoms with Crippen molar-refractivity contribution in [2.45, 2.75) is 19.0 Å². The molecule has 0 radical (unpaired) electrons. The van der Waals surface area contributed by atoms with Crippen LogP contribution in [0.2, 0.25) is 5.02 Å². The van der Waals surface area contributed by atoms with Crippen LogP contribution in [0.1, 0.15) is 12.0 Å². The van der Waals surface area contributed by atoms with Gasteiger partial charge in [0.05, 0.1) is 17.1 Å². The molecular formula is C19H22ClN3O3. The first-order chi connectivity index (χ1) is 12.6. The van der Waals surface area contributed by atoms with Crippen molar-refractivity contribution in [3.05, 3.63) is 65.2 Å². The van der Waals surface area contributed by atoms with Crippen LogP contribution in [0.15, 0.2) is 54.6 Å². The lowest BCUT2D eigenvalue weighted by Gasteiger charge is -2.15. The molecular weight excluding hydrogens is 354 g/mol. The Labute approximate surface area is 157 Å². The predicted octanol–water partition coefficient (Wildman–Crippen LogP) is 2.50. The minimum absolute atomic E-state index is 0.181. The van der Waals surface area contributed by atoms with Gasteiger partial charge in [0.15, 0.2) is 0 Å². The summed E-state index contributed by atoms with van der Waals surface area (Å²) in [7, 11) is 0. The van der Waals surface area contributed by atoms with Crippen LogP contribution in [0.4, 0.5) is 5.69 Å². The Morgan fingerprint density at radius 1 is 1.00 bits per heavy atom. The van der Waals surface area contributed by atoms with E-state index in [1.807, 2.05) is 30.3 Å². The average molecular weight is 376 g/mol. The molecule has 0 fully saturated rings. The van der Waals surface area contributed by atoms with Gasteiger partial charge in [0.1, 0.15) is 6.04 Å². The molecule has 0 aromatic heterocycles. The lowest BCUT2D eigenvalue weighted by atomic mass is 10.2. The molecule has 0 aliphatic carbocycles. The Morgan fingerprint density at radius 2 is 1.69 bits per heavy atom. The number of rotatable bonds is 10. The number of benzene rings is 2. The standard InChI is InChI=1S/C19H22ClN3O3/c20-15-8-4-5-9-16(15)23-18(24)12-17(19(25)26)22-11-10-21-13-14-6-2-1-3-7-14/h1-9,17,21-22H,10-13H2,(H,23,24)(H,25,26)/t17-/m0/s1. The number of amides is 1. The number of aliphatic carboxylic acids is 1. The van der Waals surface area contributed by atoms with E-state index in [0.717, 1.165) is 5.56 Å². The number of carboxylic acid groups (broad SMARTS) is 1. The number of nitrogens with one attached hydrogen (secondary N) is 3. The maximum absolute atomic E-state index is 12.1. The molecule has 2 aromatic carbocycles. The lowest BCUT2D eigenvalue weighted by molar-refractivity contribution is -0.141. The lowest BCUT2D eigenvalue weighted by Crippen LogP contribution is -2.42. The van der Waals surface area contributed by atoms with Gasteiger partial charge in [-0.25, -0.2) is 0 Å². The Morgan fingerprint density at radius 3 is 2.38 bits per heavy atom. The number of halogens is 1. The molecule has 26 heavy (non-hydrogen) atoms. The molecule has 1 atom stereocenters. The third-order valence-electron chi connectivity index (χ3n) is 3.70. The minimum Gasteiger partial charge on any atom is -0.480 e. The van der Waals surface area contributed by atoms with Crippen LogP contribution in [-0.2, 0) is 16.1 Å². The van der Waals surface area contributed by atoms with E-state index >= 15 is 0 Å². The summed E-state index contributed by atoms with van der Waals surface area (Å²) in [6.45, 7) is 1.72. The van der Waals surface area contributed by atoms with E-state index in [-0.39, 0.29) is 6.42 Å². The van der Waals surface area contributed by atoms with Gasteiger partial charge in [-0.3, -0.25) is 9.59 Å². The van der Waals surface area contributed by atoms with Gasteiger partial charge in [-0.15, -0.1) is 0 Å². The predicted molar refractivity (Wildman–Crippen MR) is 102 cm³/mol. The van der Waals surface area contributed by atoms with E-state index in [0.29, 0.717) is 30.3 Å². The van der Waals surface area contributed by atoms with Crippen molar-refractivity contribution >= 4 is 29.2 Å². The molecule has 0 heterocycles. The van der Waals surface area contributed by atoms with Crippen LogP contribution in [0.3, 0.4) is 0 Å². The summed E-state index contributed by atoms with van der Waals surface area (Å²) in [5, 5.41) is 18.4. The first kappa shape index (κ1) is 19.9. The number of carbonyl (C=O) groups is 2. The van der Waals surface area contributed by atoms with Crippen LogP contribution in [0.25, 0.3) is 0 Å². The SMILES string of the molecule is O=C(C[C@H](NCCNCc1ccccc1)C(=O)O)Nc1ccccc1Cl. The van der Waals surface area contributed by atoms with Gasteiger partial charge < -0.3 is 21.1 Å². The van der Waals surface area contributed by atoms with E-state index < -0.39 is 17.9 Å². The number of carboxylic acids is 1. The molecule has 0 spiro atoms. The molecule has 0 aliphatic heterocycles. The summed E-state index contributed by atoms with van der Waals surface area (Å²) < 4.78 is 0. The van der Waals surface area contributed by atoms with Crippen LogP contribution in [0.5, 0.6) is 0 Å². The zero-order valence-corrected chi connectivity index (χ0v) is 15.0. The summed E-state index contributed by atoms with van der Waals surface area (Å²) >= 11 is 5.98. The number of carbonyl (C=O) groups excluding carboxylic acids is 1. The molecule has 0 saturated carbocycles. The van der Waals surface area contributed by atoms with Crippen LogP contribution >= 0.6 is 11.6 Å². The van der Waals surface area contributed by atoms with Crippen molar-refractivity contribution in [2.75, 3.05) is 18.4 Å². The fourth-order valence-electron chi connectivity index (χ4n) is 2.36. The smallest absolute Gasteiger partial charge is 0.321 e. The summed E-state index contributed by atoms with van der Waals surface area (Å²) in [4.78, 5) is 23.4. The molecule has 0 bridgehead atoms. The highest BCUT2D eigenvalue weighted by molar-refractivity contribution is 6.33. The Bertz CT molecular complexity index is 725. The maximum Gasteiger partial charge on any atom is 0.321 e. The summed E-state index contributed by atoms with van der Waals surface area (Å²) in [5.74, 6) is -1.47. The second-order valence-electron chi connectivity index (χ2n) is 5.74. The molecule has 0 aliphatic rings. The normalized spacial score (nSPS) is 11.7. The monoisotopic (exact) mass is 375 g/mol. The minimum atomic E-state index is -1.07. The van der Waals surface area contributed by atoms with Gasteiger partial charge in [-0.2, -0.15) is 0 Å². The molecule has 138 valence electrons. The molecule has 1 amide bonds. The third kappa shape index (κ3) is 6.84. The van der Waals surface area contributed by atoms with Gasteiger partial charge in [0.2, 0.25) is 5.91 Å². The Balaban J connectivity index is 1.73. The first-order valence-electron chi connectivity index (χ1n) is 8.31. The van der Waals surface area contributed by atoms with E-state index in [4.69, 9.17) is 11.6 Å². The van der Waals surface area contributed by atoms with Crippen LogP contribution < -0.4 is 16.0 Å². The van der Waals surface area contributed by atoms with Crippen molar-refractivity contribution < 1.29 is 14.7 Å². The molecule has 6 nitrogen and oxygen atoms in total. The summed E-state index contributed by atoms with van der Waals surface area (Å²) in [6, 6.07) is 15.8. The van der Waals surface area contributed by atoms with Gasteiger partial charge in [0.25, 0.3) is 0 Å². The van der Waals surface area contributed by atoms with E-state index in [9.17, 15) is 14.7 Å². The van der Waals surface area contributed by atoms with Crippen molar-refractivity contribution in [3.8, 4) is 0 Å². The Kier molecular flexibility index (Phi) is 8.08. The highest BCUT2D eigenvalue weighted by Crippen LogP contribution is 2.20. The van der Waals surface area contributed by atoms with Gasteiger partial charge in [-0.1, -0.05) is 54.1 Å². The van der Waals surface area contributed by atoms with Gasteiger partial charge in [0, 0.05) is 19.6 Å². The Hall–Kier alpha value is -2.41. The van der Waals surface area contributed by atoms with Crippen molar-refractivity contribution in [2.24, 2.45) is 0 Å². The van der Waals surface area contributed by atoms with Gasteiger partial charge >= 0.3 is 5.97 Å². The number of hydrogen-bond acceptors (Lipinski definition) is 4. The molecule has 0 saturated heterocycles. The largest absolute Gasteiger partial charge is 0.480 e. The quantitative estimate of drug-likeness (QED) is 0.479. The topological polar surface area (TPSA) is 90.5 Å². The van der Waals surface area contributed by atoms with E-state index in [1.165, 1.54) is 0 Å². The average Bonchev–Trinajstić information content (AvgIpc) is 2.63. The van der Waals surface area contributed by atoms with Crippen LogP contribution in [0, 0.1) is 0 Å². The van der Waals surface area contributed by atoms with Crippen LogP contribution in [-0.4, -0.2) is 36.1 Å². The maximum atomic E-state index is 12.1. The van der Waals surface area contributed by atoms with Gasteiger partial charge in [-0.05, 0) is 17.7 Å². The zero-order chi connectivity index (χ0) is 18.8. The molecule has 0 unspecified atom stereocenters. The van der Waals surface area contributed by atoms with E-state index in [2.05, 4.69) is 16.0 Å². The van der Waals surface area contributed by atoms with Crippen molar-refractivity contribution in [1.82, 2.24) is 10.6 Å². The highest BCUT2D eigenvalue weighted by atomic mass is 35.5. The molecule has 7 heteroatoms. The summed E-state index contributed by atoms with van der Waals surface area (Å²) in [5.41, 5.74) is 1.62. The zero-order valence-electron chi connectivity index (χ0n) is 14.2. The van der Waals surface area contributed by atoms with Crippen molar-refractivity contribution in [1.29, 1.82) is 0 Å². The van der Waals surface area contributed by atoms with E-state index in [1.54, 1.807) is 24.3 Å². The summed E-state index contributed by atoms with van der Waals surface area (Å²) in [6.07, 6.45) is -0.181. The highest BCUT2D eigenvalue weighted by Gasteiger charge is 2.20.